The van der Waals surface area contributed by atoms with E-state index in [0.29, 0.717) is 43.1 Å². The number of anilines is 4. The molecule has 0 unspecified atom stereocenters. The number of Topliss-reactive ketones (excluding diaryl/α,β-unsaturated/α-hetero) is 1. The van der Waals surface area contributed by atoms with Crippen LogP contribution in [0.2, 0.25) is 0 Å². The number of ketones is 1. The van der Waals surface area contributed by atoms with Gasteiger partial charge in [0.05, 0.1) is 24.4 Å². The number of hydrogen-bond acceptors (Lipinski definition) is 8. The second-order valence-electron chi connectivity index (χ2n) is 17.0. The summed E-state index contributed by atoms with van der Waals surface area (Å²) in [6, 6.07) is 30.8. The number of benzene rings is 5. The van der Waals surface area contributed by atoms with Crippen LogP contribution in [0.5, 0.6) is 17.2 Å². The molecule has 0 saturated heterocycles. The van der Waals surface area contributed by atoms with Crippen LogP contribution in [0.1, 0.15) is 86.7 Å². The van der Waals surface area contributed by atoms with Crippen molar-refractivity contribution in [1.82, 2.24) is 0 Å². The molecule has 0 aliphatic carbocycles. The SMILES string of the molecule is CCC(=O)CCCN(C)c1cc(COc2cc3c(cc2C)C(=O)N2c4ccccc4C[C@H]2CC3)cc(COc2cc3c(cc2OC)C(=O)N2c4ccccc4C[C@H]2CN3C)c1. The van der Waals surface area contributed by atoms with E-state index in [1.54, 1.807) is 7.11 Å². The summed E-state index contributed by atoms with van der Waals surface area (Å²) in [5.41, 5.74) is 11.4. The molecular formula is C51H54N4O6. The number of nitrogens with zero attached hydrogens (tertiary/aromatic N) is 4. The number of amides is 2. The molecule has 0 radical (unpaired) electrons. The van der Waals surface area contributed by atoms with Gasteiger partial charge in [-0.2, -0.15) is 0 Å². The Morgan fingerprint density at radius 2 is 1.38 bits per heavy atom. The van der Waals surface area contributed by atoms with E-state index in [9.17, 15) is 14.4 Å². The molecule has 2 amide bonds. The van der Waals surface area contributed by atoms with Crippen molar-refractivity contribution in [3.8, 4) is 17.2 Å². The number of fused-ring (bicyclic) bond motifs is 8. The number of carbonyl (C=O) groups excluding carboxylic acids is 3. The molecule has 4 aliphatic heterocycles. The fourth-order valence-electron chi connectivity index (χ4n) is 9.72. The van der Waals surface area contributed by atoms with E-state index in [1.165, 1.54) is 11.1 Å². The highest BCUT2D eigenvalue weighted by atomic mass is 16.5. The molecule has 10 nitrogen and oxygen atoms in total. The number of para-hydroxylation sites is 2. The molecule has 4 aliphatic rings. The van der Waals surface area contributed by atoms with Gasteiger partial charge in [0.25, 0.3) is 11.8 Å². The fourth-order valence-corrected chi connectivity index (χ4v) is 9.72. The van der Waals surface area contributed by atoms with Crippen molar-refractivity contribution in [2.24, 2.45) is 0 Å². The van der Waals surface area contributed by atoms with Crippen LogP contribution in [0.15, 0.2) is 91.0 Å². The Hall–Kier alpha value is -6.29. The van der Waals surface area contributed by atoms with Gasteiger partial charge in [-0.3, -0.25) is 14.4 Å². The van der Waals surface area contributed by atoms with Crippen LogP contribution in [0.3, 0.4) is 0 Å². The van der Waals surface area contributed by atoms with Crippen molar-refractivity contribution in [2.75, 3.05) is 53.9 Å². The van der Waals surface area contributed by atoms with Crippen molar-refractivity contribution < 1.29 is 28.6 Å². The predicted octanol–water partition coefficient (Wildman–Crippen LogP) is 8.90. The Bertz CT molecular complexity index is 2530. The van der Waals surface area contributed by atoms with Gasteiger partial charge < -0.3 is 33.8 Å². The van der Waals surface area contributed by atoms with Gasteiger partial charge in [0.15, 0.2) is 11.5 Å². The summed E-state index contributed by atoms with van der Waals surface area (Å²) < 4.78 is 19.0. The van der Waals surface area contributed by atoms with Crippen molar-refractivity contribution in [3.05, 3.63) is 136 Å². The minimum atomic E-state index is -0.0393. The van der Waals surface area contributed by atoms with Crippen LogP contribution >= 0.6 is 0 Å². The number of ether oxygens (including phenoxy) is 3. The molecule has 61 heavy (non-hydrogen) atoms. The molecule has 5 aromatic rings. The van der Waals surface area contributed by atoms with E-state index < -0.39 is 0 Å². The lowest BCUT2D eigenvalue weighted by molar-refractivity contribution is -0.118. The zero-order valence-corrected chi connectivity index (χ0v) is 35.8. The highest BCUT2D eigenvalue weighted by Crippen LogP contribution is 2.43. The third kappa shape index (κ3) is 7.68. The van der Waals surface area contributed by atoms with Crippen LogP contribution in [0, 0.1) is 6.92 Å². The van der Waals surface area contributed by atoms with E-state index in [2.05, 4.69) is 52.3 Å². The van der Waals surface area contributed by atoms with Gasteiger partial charge in [0.1, 0.15) is 24.7 Å². The molecule has 0 bridgehead atoms. The molecule has 9 rings (SSSR count). The molecule has 4 heterocycles. The molecule has 0 spiro atoms. The Balaban J connectivity index is 0.964. The minimum Gasteiger partial charge on any atom is -0.493 e. The zero-order valence-electron chi connectivity index (χ0n) is 35.8. The fraction of sp³-hybridized carbons (Fsp3) is 0.353. The summed E-state index contributed by atoms with van der Waals surface area (Å²) in [7, 11) is 5.68. The maximum Gasteiger partial charge on any atom is 0.260 e. The molecule has 0 aromatic heterocycles. The third-order valence-electron chi connectivity index (χ3n) is 13.0. The van der Waals surface area contributed by atoms with Crippen LogP contribution in [0.25, 0.3) is 0 Å². The Labute approximate surface area is 358 Å². The van der Waals surface area contributed by atoms with Crippen LogP contribution in [-0.2, 0) is 37.3 Å². The first-order valence-electron chi connectivity index (χ1n) is 21.6. The summed E-state index contributed by atoms with van der Waals surface area (Å²) in [6.45, 7) is 5.89. The van der Waals surface area contributed by atoms with E-state index in [4.69, 9.17) is 14.2 Å². The van der Waals surface area contributed by atoms with Gasteiger partial charge in [-0.1, -0.05) is 43.3 Å². The molecule has 10 heteroatoms. The van der Waals surface area contributed by atoms with Crippen molar-refractivity contribution in [1.29, 1.82) is 0 Å². The summed E-state index contributed by atoms with van der Waals surface area (Å²) in [5, 5.41) is 0. The second-order valence-corrected chi connectivity index (χ2v) is 17.0. The molecule has 314 valence electrons. The largest absolute Gasteiger partial charge is 0.493 e. The third-order valence-corrected chi connectivity index (χ3v) is 13.0. The first-order chi connectivity index (χ1) is 29.6. The highest BCUT2D eigenvalue weighted by Gasteiger charge is 2.40. The second kappa shape index (κ2) is 16.6. The zero-order chi connectivity index (χ0) is 42.4. The standard InChI is InChI=1S/C51H54N4O6/c1-6-41(56)14-11-19-52(3)39-22-33(30-60-47-26-35-17-18-38-24-36-12-7-9-15-44(36)54(38)50(57)42(35)20-32(47)2)21-34(23-39)31-61-49-28-46-43(27-48(49)59-5)51(58)55-40(29-53(46)4)25-37-13-8-10-16-45(37)55/h7-10,12-13,15-16,20-23,26-28,38,40H,6,11,14,17-19,24-25,29-31H2,1-5H3/t38-,40+/m1/s1. The Kier molecular flexibility index (Phi) is 10.9. The van der Waals surface area contributed by atoms with Crippen LogP contribution < -0.4 is 33.8 Å². The number of likely N-dealkylation sites (N-methyl/N-ethyl adjacent to an activating group) is 1. The summed E-state index contributed by atoms with van der Waals surface area (Å²) >= 11 is 0. The number of methoxy groups -OCH3 is 1. The average molecular weight is 819 g/mol. The lowest BCUT2D eigenvalue weighted by Gasteiger charge is -2.25. The monoisotopic (exact) mass is 818 g/mol. The molecule has 5 aromatic carbocycles. The molecular weight excluding hydrogens is 765 g/mol. The quantitative estimate of drug-likeness (QED) is 0.116. The Morgan fingerprint density at radius 3 is 2.07 bits per heavy atom. The van der Waals surface area contributed by atoms with Gasteiger partial charge in [0.2, 0.25) is 0 Å². The van der Waals surface area contributed by atoms with Crippen LogP contribution in [-0.4, -0.2) is 64.0 Å². The highest BCUT2D eigenvalue weighted by molar-refractivity contribution is 6.12. The normalized spacial score (nSPS) is 17.4. The van der Waals surface area contributed by atoms with E-state index >= 15 is 0 Å². The number of rotatable bonds is 13. The summed E-state index contributed by atoms with van der Waals surface area (Å²) in [4.78, 5) is 48.6. The smallest absolute Gasteiger partial charge is 0.260 e. The molecule has 2 atom stereocenters. The van der Waals surface area contributed by atoms with E-state index in [1.807, 2.05) is 86.3 Å². The number of hydrogen-bond donors (Lipinski definition) is 0. The molecule has 0 saturated carbocycles. The van der Waals surface area contributed by atoms with Gasteiger partial charge in [-0.15, -0.1) is 0 Å². The van der Waals surface area contributed by atoms with Crippen molar-refractivity contribution >= 4 is 40.3 Å². The van der Waals surface area contributed by atoms with Crippen molar-refractivity contribution in [3.63, 3.8) is 0 Å². The van der Waals surface area contributed by atoms with Crippen LogP contribution in [0.4, 0.5) is 22.7 Å². The van der Waals surface area contributed by atoms with Gasteiger partial charge in [-0.05, 0) is 121 Å². The first kappa shape index (κ1) is 40.1. The van der Waals surface area contributed by atoms with E-state index in [-0.39, 0.29) is 36.3 Å². The summed E-state index contributed by atoms with van der Waals surface area (Å²) in [5.74, 6) is 2.10. The molecule has 0 N–H and O–H groups in total. The van der Waals surface area contributed by atoms with Gasteiger partial charge >= 0.3 is 0 Å². The number of carbonyl (C=O) groups is 3. The van der Waals surface area contributed by atoms with Crippen molar-refractivity contribution in [2.45, 2.75) is 84.1 Å². The first-order valence-corrected chi connectivity index (χ1v) is 21.6. The lowest BCUT2D eigenvalue weighted by atomic mass is 9.98. The lowest BCUT2D eigenvalue weighted by Crippen LogP contribution is -2.41. The predicted molar refractivity (Wildman–Crippen MR) is 240 cm³/mol. The average Bonchev–Trinajstić information content (AvgIpc) is 3.77. The summed E-state index contributed by atoms with van der Waals surface area (Å²) in [6.07, 6.45) is 5.25. The maximum atomic E-state index is 14.2. The van der Waals surface area contributed by atoms with Gasteiger partial charge in [-0.25, -0.2) is 0 Å². The minimum absolute atomic E-state index is 0.0334. The number of aryl methyl sites for hydroxylation is 2. The topological polar surface area (TPSA) is 91.9 Å². The maximum absolute atomic E-state index is 14.2. The van der Waals surface area contributed by atoms with E-state index in [0.717, 1.165) is 95.0 Å². The molecule has 0 fully saturated rings. The van der Waals surface area contributed by atoms with Gasteiger partial charge in [0, 0.05) is 74.8 Å². The Morgan fingerprint density at radius 1 is 0.738 bits per heavy atom.